The van der Waals surface area contributed by atoms with Crippen molar-refractivity contribution < 1.29 is 0 Å². The first-order chi connectivity index (χ1) is 10.1. The predicted molar refractivity (Wildman–Crippen MR) is 93.8 cm³/mol. The summed E-state index contributed by atoms with van der Waals surface area (Å²) in [5.74, 6) is 0.987. The van der Waals surface area contributed by atoms with Crippen molar-refractivity contribution in [1.82, 2.24) is 15.1 Å². The lowest BCUT2D eigenvalue weighted by atomic mass is 10.2. The fraction of sp³-hybridized carbons (Fsp3) is 0.438. The summed E-state index contributed by atoms with van der Waals surface area (Å²) in [5.41, 5.74) is 2.51. The van der Waals surface area contributed by atoms with Crippen LogP contribution in [-0.2, 0) is 7.05 Å². The standard InChI is InChI=1S/C16H22BrN3S/c1-4-9-18-15(16-14(17)10-19-20(16)3)11-21-13-7-5-12(2)6-8-13/h5-8,10,15,18H,4,9,11H2,1-3H3. The molecule has 2 aromatic rings. The average Bonchev–Trinajstić information content (AvgIpc) is 2.81. The summed E-state index contributed by atoms with van der Waals surface area (Å²) in [5, 5.41) is 7.96. The molecular formula is C16H22BrN3S. The Kier molecular flexibility index (Phi) is 6.33. The molecular weight excluding hydrogens is 346 g/mol. The Morgan fingerprint density at radius 2 is 2.05 bits per heavy atom. The minimum absolute atomic E-state index is 0.290. The molecule has 21 heavy (non-hydrogen) atoms. The molecule has 0 aliphatic rings. The highest BCUT2D eigenvalue weighted by Gasteiger charge is 2.18. The number of hydrogen-bond donors (Lipinski definition) is 1. The van der Waals surface area contributed by atoms with Crippen molar-refractivity contribution in [3.8, 4) is 0 Å². The number of hydrogen-bond acceptors (Lipinski definition) is 3. The van der Waals surface area contributed by atoms with Crippen LogP contribution in [0.5, 0.6) is 0 Å². The van der Waals surface area contributed by atoms with E-state index in [1.807, 2.05) is 29.7 Å². The van der Waals surface area contributed by atoms with Gasteiger partial charge in [-0.05, 0) is 48.0 Å². The summed E-state index contributed by atoms with van der Waals surface area (Å²) in [4.78, 5) is 1.31. The van der Waals surface area contributed by atoms with Gasteiger partial charge in [-0.15, -0.1) is 11.8 Å². The molecule has 0 fully saturated rings. The van der Waals surface area contributed by atoms with Crippen LogP contribution in [0.2, 0.25) is 0 Å². The topological polar surface area (TPSA) is 29.9 Å². The van der Waals surface area contributed by atoms with E-state index >= 15 is 0 Å². The van der Waals surface area contributed by atoms with E-state index in [2.05, 4.69) is 64.5 Å². The number of aryl methyl sites for hydroxylation is 2. The van der Waals surface area contributed by atoms with Crippen LogP contribution in [-0.4, -0.2) is 22.1 Å². The maximum atomic E-state index is 4.33. The van der Waals surface area contributed by atoms with E-state index in [0.29, 0.717) is 0 Å². The number of rotatable bonds is 7. The van der Waals surface area contributed by atoms with E-state index in [1.54, 1.807) is 0 Å². The summed E-state index contributed by atoms with van der Waals surface area (Å²) in [6, 6.07) is 9.00. The van der Waals surface area contributed by atoms with Gasteiger partial charge in [-0.25, -0.2) is 0 Å². The van der Waals surface area contributed by atoms with Gasteiger partial charge < -0.3 is 5.32 Å². The van der Waals surface area contributed by atoms with Crippen LogP contribution >= 0.6 is 27.7 Å². The molecule has 0 saturated carbocycles. The van der Waals surface area contributed by atoms with E-state index < -0.39 is 0 Å². The largest absolute Gasteiger partial charge is 0.308 e. The second kappa shape index (κ2) is 8.01. The number of thioether (sulfide) groups is 1. The third-order valence-electron chi connectivity index (χ3n) is 3.35. The van der Waals surface area contributed by atoms with E-state index in [-0.39, 0.29) is 6.04 Å². The molecule has 0 amide bonds. The maximum absolute atomic E-state index is 4.33. The van der Waals surface area contributed by atoms with Crippen LogP contribution in [0.1, 0.15) is 30.6 Å². The van der Waals surface area contributed by atoms with Gasteiger partial charge in [0.2, 0.25) is 0 Å². The third-order valence-corrected chi connectivity index (χ3v) is 5.06. The average molecular weight is 368 g/mol. The molecule has 1 unspecified atom stereocenters. The molecule has 114 valence electrons. The van der Waals surface area contributed by atoms with Crippen LogP contribution in [0.25, 0.3) is 0 Å². The second-order valence-corrected chi connectivity index (χ2v) is 7.08. The Labute approximate surface area is 139 Å². The fourth-order valence-corrected chi connectivity index (χ4v) is 3.77. The number of halogens is 1. The van der Waals surface area contributed by atoms with Gasteiger partial charge in [-0.3, -0.25) is 4.68 Å². The SMILES string of the molecule is CCCNC(CSc1ccc(C)cc1)c1c(Br)cnn1C. The number of aromatic nitrogens is 2. The van der Waals surface area contributed by atoms with Gasteiger partial charge in [-0.2, -0.15) is 5.10 Å². The van der Waals surface area contributed by atoms with Gasteiger partial charge in [0.15, 0.2) is 0 Å². The first-order valence-corrected chi connectivity index (χ1v) is 9.00. The minimum atomic E-state index is 0.290. The van der Waals surface area contributed by atoms with Gasteiger partial charge >= 0.3 is 0 Å². The number of nitrogens with zero attached hydrogens (tertiary/aromatic N) is 2. The van der Waals surface area contributed by atoms with Crippen LogP contribution in [0.4, 0.5) is 0 Å². The molecule has 1 heterocycles. The van der Waals surface area contributed by atoms with Gasteiger partial charge in [0.05, 0.1) is 22.4 Å². The molecule has 0 bridgehead atoms. The Morgan fingerprint density at radius 1 is 1.33 bits per heavy atom. The Balaban J connectivity index is 2.08. The summed E-state index contributed by atoms with van der Waals surface area (Å²) >= 11 is 5.49. The number of benzene rings is 1. The normalized spacial score (nSPS) is 12.6. The molecule has 2 rings (SSSR count). The number of nitrogens with one attached hydrogen (secondary N) is 1. The van der Waals surface area contributed by atoms with Crippen molar-refractivity contribution in [3.05, 3.63) is 46.2 Å². The highest BCUT2D eigenvalue weighted by Crippen LogP contribution is 2.28. The molecule has 0 aliphatic carbocycles. The molecule has 5 heteroatoms. The zero-order chi connectivity index (χ0) is 15.2. The lowest BCUT2D eigenvalue weighted by Crippen LogP contribution is -2.26. The summed E-state index contributed by atoms with van der Waals surface area (Å²) in [6.07, 6.45) is 2.99. The van der Waals surface area contributed by atoms with E-state index in [9.17, 15) is 0 Å². The molecule has 1 N–H and O–H groups in total. The minimum Gasteiger partial charge on any atom is -0.308 e. The van der Waals surface area contributed by atoms with Crippen molar-refractivity contribution in [2.75, 3.05) is 12.3 Å². The van der Waals surface area contributed by atoms with Crippen molar-refractivity contribution in [2.45, 2.75) is 31.2 Å². The molecule has 0 spiro atoms. The van der Waals surface area contributed by atoms with E-state index in [0.717, 1.165) is 23.2 Å². The van der Waals surface area contributed by atoms with Gasteiger partial charge in [0, 0.05) is 17.7 Å². The summed E-state index contributed by atoms with van der Waals surface area (Å²) in [7, 11) is 2.00. The van der Waals surface area contributed by atoms with Gasteiger partial charge in [-0.1, -0.05) is 24.6 Å². The smallest absolute Gasteiger partial charge is 0.0700 e. The highest BCUT2D eigenvalue weighted by molar-refractivity contribution is 9.10. The lowest BCUT2D eigenvalue weighted by molar-refractivity contribution is 0.533. The molecule has 0 aliphatic heterocycles. The van der Waals surface area contributed by atoms with Crippen molar-refractivity contribution >= 4 is 27.7 Å². The molecule has 1 aromatic carbocycles. The van der Waals surface area contributed by atoms with Crippen molar-refractivity contribution in [2.24, 2.45) is 7.05 Å². The summed E-state index contributed by atoms with van der Waals surface area (Å²) in [6.45, 7) is 5.32. The van der Waals surface area contributed by atoms with E-state index in [1.165, 1.54) is 16.2 Å². The van der Waals surface area contributed by atoms with Crippen LogP contribution in [0, 0.1) is 6.92 Å². The lowest BCUT2D eigenvalue weighted by Gasteiger charge is -2.19. The Bertz CT molecular complexity index is 546. The quantitative estimate of drug-likeness (QED) is 0.738. The molecule has 1 aromatic heterocycles. The zero-order valence-electron chi connectivity index (χ0n) is 12.8. The van der Waals surface area contributed by atoms with E-state index in [4.69, 9.17) is 0 Å². The monoisotopic (exact) mass is 367 g/mol. The Hall–Kier alpha value is -0.780. The second-order valence-electron chi connectivity index (χ2n) is 5.13. The summed E-state index contributed by atoms with van der Waals surface area (Å²) < 4.78 is 3.02. The third kappa shape index (κ3) is 4.59. The predicted octanol–water partition coefficient (Wildman–Crippen LogP) is 4.32. The van der Waals surface area contributed by atoms with Crippen molar-refractivity contribution in [3.63, 3.8) is 0 Å². The molecule has 0 radical (unpaired) electrons. The maximum Gasteiger partial charge on any atom is 0.0700 e. The van der Waals surface area contributed by atoms with Crippen molar-refractivity contribution in [1.29, 1.82) is 0 Å². The van der Waals surface area contributed by atoms with Crippen LogP contribution in [0.3, 0.4) is 0 Å². The Morgan fingerprint density at radius 3 is 2.62 bits per heavy atom. The van der Waals surface area contributed by atoms with Gasteiger partial charge in [0.25, 0.3) is 0 Å². The highest BCUT2D eigenvalue weighted by atomic mass is 79.9. The van der Waals surface area contributed by atoms with Crippen LogP contribution in [0.15, 0.2) is 39.8 Å². The molecule has 3 nitrogen and oxygen atoms in total. The fourth-order valence-electron chi connectivity index (χ4n) is 2.18. The van der Waals surface area contributed by atoms with Gasteiger partial charge in [0.1, 0.15) is 0 Å². The van der Waals surface area contributed by atoms with Crippen LogP contribution < -0.4 is 5.32 Å². The zero-order valence-corrected chi connectivity index (χ0v) is 15.2. The first-order valence-electron chi connectivity index (χ1n) is 7.22. The first kappa shape index (κ1) is 16.6. The molecule has 1 atom stereocenters. The molecule has 0 saturated heterocycles.